The smallest absolute Gasteiger partial charge is 0.265 e. The Morgan fingerprint density at radius 2 is 1.78 bits per heavy atom. The molecule has 0 bridgehead atoms. The first-order chi connectivity index (χ1) is 15.5. The fourth-order valence-electron chi connectivity index (χ4n) is 3.16. The van der Waals surface area contributed by atoms with Crippen molar-refractivity contribution < 1.29 is 9.59 Å². The van der Waals surface area contributed by atoms with Gasteiger partial charge in [0.25, 0.3) is 11.8 Å². The minimum Gasteiger partial charge on any atom is -0.378 e. The zero-order valence-electron chi connectivity index (χ0n) is 17.8. The molecule has 0 aliphatic rings. The predicted molar refractivity (Wildman–Crippen MR) is 129 cm³/mol. The largest absolute Gasteiger partial charge is 0.378 e. The van der Waals surface area contributed by atoms with Gasteiger partial charge in [-0.3, -0.25) is 9.59 Å². The molecule has 2 N–H and O–H groups in total. The van der Waals surface area contributed by atoms with Gasteiger partial charge in [0, 0.05) is 37.1 Å². The van der Waals surface area contributed by atoms with E-state index in [1.807, 2.05) is 54.7 Å². The first-order valence-electron chi connectivity index (χ1n) is 10.0. The number of carbonyl (C=O) groups is 2. The summed E-state index contributed by atoms with van der Waals surface area (Å²) in [5.41, 5.74) is 3.20. The lowest BCUT2D eigenvalue weighted by atomic mass is 10.2. The number of benzene rings is 2. The van der Waals surface area contributed by atoms with Crippen LogP contribution in [0.1, 0.15) is 25.6 Å². The number of thiophene rings is 1. The van der Waals surface area contributed by atoms with Crippen LogP contribution in [0.2, 0.25) is 0 Å². The van der Waals surface area contributed by atoms with Gasteiger partial charge in [0.1, 0.15) is 5.82 Å². The second kappa shape index (κ2) is 9.49. The molecule has 0 aliphatic heterocycles. The van der Waals surface area contributed by atoms with Gasteiger partial charge in [-0.1, -0.05) is 24.3 Å². The van der Waals surface area contributed by atoms with Crippen molar-refractivity contribution in [2.24, 2.45) is 0 Å². The number of carbonyl (C=O) groups excluding carboxylic acids is 2. The summed E-state index contributed by atoms with van der Waals surface area (Å²) >= 11 is 1.36. The van der Waals surface area contributed by atoms with E-state index in [2.05, 4.69) is 15.7 Å². The van der Waals surface area contributed by atoms with Crippen LogP contribution in [0.5, 0.6) is 0 Å². The van der Waals surface area contributed by atoms with E-state index in [0.717, 1.165) is 11.3 Å². The van der Waals surface area contributed by atoms with Crippen LogP contribution in [0.25, 0.3) is 0 Å². The molecule has 2 amide bonds. The molecule has 0 unspecified atom stereocenters. The molecule has 0 radical (unpaired) electrons. The van der Waals surface area contributed by atoms with Gasteiger partial charge >= 0.3 is 0 Å². The second-order valence-electron chi connectivity index (χ2n) is 7.40. The fraction of sp³-hybridized carbons (Fsp3) is 0.125. The molecule has 0 saturated heterocycles. The van der Waals surface area contributed by atoms with Crippen molar-refractivity contribution >= 4 is 40.3 Å². The van der Waals surface area contributed by atoms with Crippen LogP contribution in [-0.4, -0.2) is 35.7 Å². The van der Waals surface area contributed by atoms with Gasteiger partial charge in [-0.2, -0.15) is 5.10 Å². The Balaban J connectivity index is 1.43. The Labute approximate surface area is 190 Å². The number of rotatable bonds is 7. The van der Waals surface area contributed by atoms with E-state index in [1.54, 1.807) is 47.3 Å². The summed E-state index contributed by atoms with van der Waals surface area (Å²) in [5, 5.41) is 11.9. The zero-order valence-corrected chi connectivity index (χ0v) is 18.6. The van der Waals surface area contributed by atoms with Crippen molar-refractivity contribution in [3.8, 4) is 0 Å². The topological polar surface area (TPSA) is 79.3 Å². The van der Waals surface area contributed by atoms with Gasteiger partial charge in [0.05, 0.1) is 17.6 Å². The average Bonchev–Trinajstić information content (AvgIpc) is 3.47. The minimum absolute atomic E-state index is 0.198. The summed E-state index contributed by atoms with van der Waals surface area (Å²) in [6.07, 6.45) is 1.65. The summed E-state index contributed by atoms with van der Waals surface area (Å²) in [5.74, 6) is 0.123. The van der Waals surface area contributed by atoms with E-state index in [0.29, 0.717) is 28.5 Å². The van der Waals surface area contributed by atoms with E-state index in [4.69, 9.17) is 0 Å². The maximum absolute atomic E-state index is 12.8. The van der Waals surface area contributed by atoms with Crippen LogP contribution in [0.4, 0.5) is 17.2 Å². The number of anilines is 3. The van der Waals surface area contributed by atoms with E-state index >= 15 is 0 Å². The maximum Gasteiger partial charge on any atom is 0.265 e. The molecule has 8 heteroatoms. The van der Waals surface area contributed by atoms with Crippen molar-refractivity contribution in [3.05, 3.63) is 94.3 Å². The van der Waals surface area contributed by atoms with E-state index in [9.17, 15) is 9.59 Å². The number of hydrogen-bond donors (Lipinski definition) is 2. The van der Waals surface area contributed by atoms with Gasteiger partial charge in [0.2, 0.25) is 0 Å². The highest BCUT2D eigenvalue weighted by Crippen LogP contribution is 2.18. The highest BCUT2D eigenvalue weighted by atomic mass is 32.1. The van der Waals surface area contributed by atoms with Crippen LogP contribution in [0.15, 0.2) is 78.3 Å². The molecule has 2 aromatic carbocycles. The lowest BCUT2D eigenvalue weighted by Crippen LogP contribution is -2.17. The summed E-state index contributed by atoms with van der Waals surface area (Å²) in [6.45, 7) is 0.535. The molecule has 32 heavy (non-hydrogen) atoms. The SMILES string of the molecule is CN(C)c1ccc(Cn2nccc2NC(=O)c2cccc(NC(=O)c3cccs3)c2)cc1. The average molecular weight is 446 g/mol. The van der Waals surface area contributed by atoms with Crippen LogP contribution < -0.4 is 15.5 Å². The highest BCUT2D eigenvalue weighted by molar-refractivity contribution is 7.12. The highest BCUT2D eigenvalue weighted by Gasteiger charge is 2.12. The van der Waals surface area contributed by atoms with Gasteiger partial charge in [0.15, 0.2) is 0 Å². The third-order valence-corrected chi connectivity index (χ3v) is 5.74. The molecule has 7 nitrogen and oxygen atoms in total. The number of nitrogens with zero attached hydrogens (tertiary/aromatic N) is 3. The molecule has 0 atom stereocenters. The van der Waals surface area contributed by atoms with E-state index < -0.39 is 0 Å². The third-order valence-electron chi connectivity index (χ3n) is 4.87. The lowest BCUT2D eigenvalue weighted by Gasteiger charge is -2.13. The van der Waals surface area contributed by atoms with Gasteiger partial charge in [-0.15, -0.1) is 11.3 Å². The number of amides is 2. The normalized spacial score (nSPS) is 10.6. The predicted octanol–water partition coefficient (Wildman–Crippen LogP) is 4.56. The molecular formula is C24H23N5O2S. The molecule has 162 valence electrons. The Bertz CT molecular complexity index is 1210. The standard InChI is InChI=1S/C24H23N5O2S/c1-28(2)20-10-8-17(9-11-20)16-29-22(12-13-25-29)27-23(30)18-5-3-6-19(15-18)26-24(31)21-7-4-14-32-21/h3-15H,16H2,1-2H3,(H,26,31)(H,27,30). The molecule has 0 fully saturated rings. The first-order valence-corrected chi connectivity index (χ1v) is 10.9. The molecule has 0 spiro atoms. The summed E-state index contributed by atoms with van der Waals surface area (Å²) < 4.78 is 1.74. The molecule has 2 aromatic heterocycles. The number of hydrogen-bond acceptors (Lipinski definition) is 5. The zero-order chi connectivity index (χ0) is 22.5. The van der Waals surface area contributed by atoms with Crippen molar-refractivity contribution in [3.63, 3.8) is 0 Å². The quantitative estimate of drug-likeness (QED) is 0.437. The second-order valence-corrected chi connectivity index (χ2v) is 8.35. The van der Waals surface area contributed by atoms with Crippen LogP contribution in [0.3, 0.4) is 0 Å². The molecule has 4 rings (SSSR count). The molecular weight excluding hydrogens is 422 g/mol. The summed E-state index contributed by atoms with van der Waals surface area (Å²) in [4.78, 5) is 27.8. The third kappa shape index (κ3) is 5.04. The Kier molecular flexibility index (Phi) is 6.32. The fourth-order valence-corrected chi connectivity index (χ4v) is 3.78. The molecule has 0 saturated carbocycles. The van der Waals surface area contributed by atoms with Crippen molar-refractivity contribution in [2.75, 3.05) is 29.6 Å². The van der Waals surface area contributed by atoms with Crippen LogP contribution in [-0.2, 0) is 6.54 Å². The van der Waals surface area contributed by atoms with Crippen LogP contribution >= 0.6 is 11.3 Å². The van der Waals surface area contributed by atoms with Crippen molar-refractivity contribution in [1.29, 1.82) is 0 Å². The molecule has 2 heterocycles. The van der Waals surface area contributed by atoms with Gasteiger partial charge < -0.3 is 15.5 Å². The van der Waals surface area contributed by atoms with Gasteiger partial charge in [-0.25, -0.2) is 4.68 Å². The first kappa shape index (κ1) is 21.3. The molecule has 0 aliphatic carbocycles. The van der Waals surface area contributed by atoms with Crippen LogP contribution in [0, 0.1) is 0 Å². The van der Waals surface area contributed by atoms with E-state index in [-0.39, 0.29) is 11.8 Å². The Morgan fingerprint density at radius 3 is 2.50 bits per heavy atom. The van der Waals surface area contributed by atoms with Crippen molar-refractivity contribution in [2.45, 2.75) is 6.54 Å². The van der Waals surface area contributed by atoms with Crippen molar-refractivity contribution in [1.82, 2.24) is 9.78 Å². The minimum atomic E-state index is -0.276. The van der Waals surface area contributed by atoms with Gasteiger partial charge in [-0.05, 0) is 47.3 Å². The number of nitrogens with one attached hydrogen (secondary N) is 2. The molecule has 4 aromatic rings. The Morgan fingerprint density at radius 1 is 0.969 bits per heavy atom. The monoisotopic (exact) mass is 445 g/mol. The number of aromatic nitrogens is 2. The lowest BCUT2D eigenvalue weighted by molar-refractivity contribution is 0.101. The summed E-state index contributed by atoms with van der Waals surface area (Å²) in [6, 6.07) is 20.4. The Hall–Kier alpha value is -3.91. The van der Waals surface area contributed by atoms with E-state index in [1.165, 1.54) is 11.3 Å². The maximum atomic E-state index is 12.8. The summed E-state index contributed by atoms with van der Waals surface area (Å²) in [7, 11) is 4.00.